The third-order valence-electron chi connectivity index (χ3n) is 5.14. The molecule has 1 heterocycles. The van der Waals surface area contributed by atoms with Gasteiger partial charge in [-0.15, -0.1) is 0 Å². The Hall–Kier alpha value is -0.620. The second-order valence-electron chi connectivity index (χ2n) is 8.68. The average Bonchev–Trinajstić information content (AvgIpc) is 3.23. The number of ether oxygens (including phenoxy) is 3. The summed E-state index contributed by atoms with van der Waals surface area (Å²) in [4.78, 5) is 0. The Kier molecular flexibility index (Phi) is 9.76. The maximum absolute atomic E-state index is 10.6. The van der Waals surface area contributed by atoms with Crippen molar-refractivity contribution in [2.75, 3.05) is 0 Å². The smallest absolute Gasteiger partial charge is 0.161 e. The molecule has 1 saturated carbocycles. The zero-order valence-electron chi connectivity index (χ0n) is 18.4. The Morgan fingerprint density at radius 3 is 2.41 bits per heavy atom. The monoisotopic (exact) mass is 386 g/mol. The molecule has 3 unspecified atom stereocenters. The molecule has 0 bridgehead atoms. The highest BCUT2D eigenvalue weighted by Crippen LogP contribution is 2.51. The first kappa shape index (κ1) is 24.4. The van der Waals surface area contributed by atoms with Crippen molar-refractivity contribution in [3.8, 4) is 0 Å². The zero-order chi connectivity index (χ0) is 20.8. The molecule has 7 atom stereocenters. The molecule has 5 heteroatoms. The van der Waals surface area contributed by atoms with E-state index in [1.807, 2.05) is 34.6 Å². The van der Waals surface area contributed by atoms with E-state index in [0.29, 0.717) is 25.0 Å². The van der Waals surface area contributed by atoms with Gasteiger partial charge in [0.05, 0.1) is 35.8 Å². The van der Waals surface area contributed by atoms with Gasteiger partial charge in [0.1, 0.15) is 0 Å². The summed E-state index contributed by atoms with van der Waals surface area (Å²) in [7, 11) is 0. The summed E-state index contributed by atoms with van der Waals surface area (Å²) < 4.78 is 17.4. The number of aliphatic hydroxyl groups excluding tert-OH is 1. The Balaban J connectivity index is 0.00000114. The van der Waals surface area contributed by atoms with Gasteiger partial charge in [0.15, 0.2) is 6.29 Å². The quantitative estimate of drug-likeness (QED) is 0.605. The van der Waals surface area contributed by atoms with E-state index in [2.05, 4.69) is 20.4 Å². The van der Waals surface area contributed by atoms with Crippen LogP contribution in [-0.2, 0) is 14.2 Å². The third-order valence-corrected chi connectivity index (χ3v) is 5.14. The summed E-state index contributed by atoms with van der Waals surface area (Å²) in [6, 6.07) is 0. The molecular weight excluding hydrogens is 344 g/mol. The van der Waals surface area contributed by atoms with Crippen molar-refractivity contribution in [1.82, 2.24) is 0 Å². The molecule has 0 spiro atoms. The molecule has 0 amide bonds. The van der Waals surface area contributed by atoms with E-state index in [4.69, 9.17) is 14.2 Å². The van der Waals surface area contributed by atoms with Gasteiger partial charge in [-0.05, 0) is 53.4 Å². The van der Waals surface area contributed by atoms with Gasteiger partial charge < -0.3 is 24.4 Å². The summed E-state index contributed by atoms with van der Waals surface area (Å²) >= 11 is 0. The maximum atomic E-state index is 10.6. The molecule has 1 aliphatic carbocycles. The Bertz CT molecular complexity index is 452. The summed E-state index contributed by atoms with van der Waals surface area (Å²) in [5.74, 6) is 0.884. The van der Waals surface area contributed by atoms with Crippen LogP contribution in [0.25, 0.3) is 0 Å². The van der Waals surface area contributed by atoms with Crippen LogP contribution < -0.4 is 0 Å². The molecule has 0 aromatic rings. The average molecular weight is 387 g/mol. The highest BCUT2D eigenvalue weighted by Gasteiger charge is 2.55. The molecule has 27 heavy (non-hydrogen) atoms. The fourth-order valence-corrected chi connectivity index (χ4v) is 3.41. The van der Waals surface area contributed by atoms with Crippen LogP contribution in [0, 0.1) is 11.8 Å². The van der Waals surface area contributed by atoms with E-state index in [0.717, 1.165) is 6.42 Å². The lowest BCUT2D eigenvalue weighted by Gasteiger charge is -2.37. The summed E-state index contributed by atoms with van der Waals surface area (Å²) in [5, 5.41) is 20.4. The van der Waals surface area contributed by atoms with Crippen LogP contribution in [0.15, 0.2) is 12.3 Å². The van der Waals surface area contributed by atoms with Crippen molar-refractivity contribution in [3.63, 3.8) is 0 Å². The molecule has 0 aromatic carbocycles. The maximum Gasteiger partial charge on any atom is 0.161 e. The molecule has 0 aromatic heterocycles. The van der Waals surface area contributed by atoms with E-state index in [1.54, 1.807) is 0 Å². The Labute approximate surface area is 166 Å². The number of hydrogen-bond donors (Lipinski definition) is 2. The van der Waals surface area contributed by atoms with Gasteiger partial charge in [0, 0.05) is 11.8 Å². The first-order valence-electron chi connectivity index (χ1n) is 10.6. The standard InChI is InChI=1S/C19H34O5.C3H8/c1-11(2)22-14(5)16-10-19(16,21)8-7-13(4)23-18-12(3)9-17(20)15(6)24-18;1-3-2/h11-13,15-18,20-21H,5,7-10H2,1-4,6H3;3H2,1-2H3/t12-,13-,15+,16?,17?,18?,19+;/m1./s1. The predicted octanol–water partition coefficient (Wildman–Crippen LogP) is 4.41. The van der Waals surface area contributed by atoms with Crippen molar-refractivity contribution < 1.29 is 24.4 Å². The minimum atomic E-state index is -0.702. The van der Waals surface area contributed by atoms with Crippen LogP contribution in [0.3, 0.4) is 0 Å². The van der Waals surface area contributed by atoms with E-state index >= 15 is 0 Å². The first-order valence-corrected chi connectivity index (χ1v) is 10.6. The second kappa shape index (κ2) is 10.8. The van der Waals surface area contributed by atoms with Gasteiger partial charge in [0.25, 0.3) is 0 Å². The van der Waals surface area contributed by atoms with Crippen molar-refractivity contribution in [2.24, 2.45) is 11.8 Å². The highest BCUT2D eigenvalue weighted by molar-refractivity contribution is 5.16. The van der Waals surface area contributed by atoms with E-state index in [1.165, 1.54) is 6.42 Å². The van der Waals surface area contributed by atoms with Crippen LogP contribution in [-0.4, -0.2) is 46.5 Å². The van der Waals surface area contributed by atoms with Gasteiger partial charge >= 0.3 is 0 Å². The van der Waals surface area contributed by atoms with E-state index < -0.39 is 11.7 Å². The largest absolute Gasteiger partial charge is 0.496 e. The lowest BCUT2D eigenvalue weighted by atomic mass is 9.96. The van der Waals surface area contributed by atoms with Gasteiger partial charge in [-0.1, -0.05) is 33.8 Å². The first-order chi connectivity index (χ1) is 12.5. The highest BCUT2D eigenvalue weighted by atomic mass is 16.7. The van der Waals surface area contributed by atoms with Crippen molar-refractivity contribution >= 4 is 0 Å². The van der Waals surface area contributed by atoms with Crippen molar-refractivity contribution in [2.45, 2.75) is 117 Å². The zero-order valence-corrected chi connectivity index (χ0v) is 18.4. The number of hydrogen-bond acceptors (Lipinski definition) is 5. The molecule has 1 saturated heterocycles. The predicted molar refractivity (Wildman–Crippen MR) is 108 cm³/mol. The summed E-state index contributed by atoms with van der Waals surface area (Å²) in [6.07, 6.45) is 3.24. The lowest BCUT2D eigenvalue weighted by Crippen LogP contribution is -2.44. The SMILES string of the molecule is C=C(OC(C)C)C1C[C@@]1(O)CC[C@@H](C)OC1O[C@@H](C)C(O)C[C@H]1C.CCC. The fourth-order valence-electron chi connectivity index (χ4n) is 3.41. The van der Waals surface area contributed by atoms with Crippen molar-refractivity contribution in [1.29, 1.82) is 0 Å². The van der Waals surface area contributed by atoms with Crippen LogP contribution in [0.4, 0.5) is 0 Å². The molecule has 160 valence electrons. The minimum absolute atomic E-state index is 0.00977. The molecular formula is C22H42O5. The summed E-state index contributed by atoms with van der Waals surface area (Å²) in [5.41, 5.74) is -0.702. The van der Waals surface area contributed by atoms with Crippen molar-refractivity contribution in [3.05, 3.63) is 12.3 Å². The van der Waals surface area contributed by atoms with Gasteiger partial charge in [-0.25, -0.2) is 0 Å². The van der Waals surface area contributed by atoms with Gasteiger partial charge in [-0.3, -0.25) is 0 Å². The summed E-state index contributed by atoms with van der Waals surface area (Å²) in [6.45, 7) is 18.0. The lowest BCUT2D eigenvalue weighted by molar-refractivity contribution is -0.255. The van der Waals surface area contributed by atoms with E-state index in [-0.39, 0.29) is 36.4 Å². The molecule has 1 aliphatic heterocycles. The minimum Gasteiger partial charge on any atom is -0.496 e. The van der Waals surface area contributed by atoms with Crippen LogP contribution in [0.1, 0.15) is 80.6 Å². The molecule has 2 rings (SSSR count). The van der Waals surface area contributed by atoms with E-state index in [9.17, 15) is 10.2 Å². The fraction of sp³-hybridized carbons (Fsp3) is 0.909. The topological polar surface area (TPSA) is 68.2 Å². The van der Waals surface area contributed by atoms with Gasteiger partial charge in [-0.2, -0.15) is 0 Å². The van der Waals surface area contributed by atoms with Crippen LogP contribution >= 0.6 is 0 Å². The van der Waals surface area contributed by atoms with Gasteiger partial charge in [0.2, 0.25) is 0 Å². The normalized spacial score (nSPS) is 36.6. The van der Waals surface area contributed by atoms with Crippen LogP contribution in [0.5, 0.6) is 0 Å². The molecule has 2 N–H and O–H groups in total. The third kappa shape index (κ3) is 7.72. The molecule has 2 fully saturated rings. The molecule has 2 aliphatic rings. The number of aliphatic hydroxyl groups is 2. The molecule has 0 radical (unpaired) electrons. The second-order valence-corrected chi connectivity index (χ2v) is 8.68. The Morgan fingerprint density at radius 2 is 1.85 bits per heavy atom. The molecule has 5 nitrogen and oxygen atoms in total. The Morgan fingerprint density at radius 1 is 1.26 bits per heavy atom. The number of rotatable bonds is 8. The van der Waals surface area contributed by atoms with Crippen LogP contribution in [0.2, 0.25) is 0 Å².